The molecule has 1 unspecified atom stereocenters. The molecule has 0 amide bonds. The molecule has 1 saturated heterocycles. The predicted molar refractivity (Wildman–Crippen MR) is 105 cm³/mol. The molecule has 0 N–H and O–H groups in total. The van der Waals surface area contributed by atoms with Crippen LogP contribution in [0.25, 0.3) is 11.0 Å². The summed E-state index contributed by atoms with van der Waals surface area (Å²) < 4.78 is 29.7. The first-order valence-corrected chi connectivity index (χ1v) is 10.8. The van der Waals surface area contributed by atoms with Crippen LogP contribution < -0.4 is 0 Å². The zero-order chi connectivity index (χ0) is 19.0. The molecule has 0 aliphatic carbocycles. The fraction of sp³-hybridized carbons (Fsp3) is 0.400. The van der Waals surface area contributed by atoms with E-state index in [1.165, 1.54) is 5.56 Å². The molecule has 3 heterocycles. The van der Waals surface area contributed by atoms with Crippen LogP contribution >= 0.6 is 0 Å². The summed E-state index contributed by atoms with van der Waals surface area (Å²) in [6.07, 6.45) is 6.32. The van der Waals surface area contributed by atoms with Gasteiger partial charge in [-0.25, -0.2) is 13.4 Å². The van der Waals surface area contributed by atoms with E-state index >= 15 is 0 Å². The average Bonchev–Trinajstić information content (AvgIpc) is 3.28. The van der Waals surface area contributed by atoms with Crippen molar-refractivity contribution in [2.45, 2.75) is 37.0 Å². The Morgan fingerprint density at radius 2 is 1.96 bits per heavy atom. The molecular weight excluding hydrogens is 360 g/mol. The number of aryl methyl sites for hydroxylation is 2. The van der Waals surface area contributed by atoms with Crippen LogP contribution in [-0.4, -0.2) is 40.3 Å². The van der Waals surface area contributed by atoms with E-state index in [2.05, 4.69) is 11.9 Å². The van der Waals surface area contributed by atoms with Crippen molar-refractivity contribution in [1.29, 1.82) is 0 Å². The second-order valence-corrected chi connectivity index (χ2v) is 9.07. The Kier molecular flexibility index (Phi) is 4.74. The van der Waals surface area contributed by atoms with E-state index in [1.54, 1.807) is 28.8 Å². The van der Waals surface area contributed by atoms with Crippen LogP contribution in [0.3, 0.4) is 0 Å². The third-order valence-electron chi connectivity index (χ3n) is 5.33. The number of pyridine rings is 1. The van der Waals surface area contributed by atoms with Crippen LogP contribution in [-0.2, 0) is 23.5 Å². The quantitative estimate of drug-likeness (QED) is 0.678. The zero-order valence-electron chi connectivity index (χ0n) is 15.7. The number of hydrogen-bond donors (Lipinski definition) is 0. The van der Waals surface area contributed by atoms with Crippen molar-refractivity contribution in [2.75, 3.05) is 13.1 Å². The van der Waals surface area contributed by atoms with Crippen molar-refractivity contribution in [3.63, 3.8) is 0 Å². The molecule has 1 atom stereocenters. The highest BCUT2D eigenvalue weighted by Crippen LogP contribution is 2.32. The first-order valence-electron chi connectivity index (χ1n) is 9.36. The van der Waals surface area contributed by atoms with Gasteiger partial charge in [0, 0.05) is 32.3 Å². The molecule has 142 valence electrons. The molecule has 0 radical (unpaired) electrons. The minimum Gasteiger partial charge on any atom is -0.330 e. The Balaban J connectivity index is 1.56. The molecule has 27 heavy (non-hydrogen) atoms. The predicted octanol–water partition coefficient (Wildman–Crippen LogP) is 3.10. The smallest absolute Gasteiger partial charge is 0.243 e. The fourth-order valence-corrected chi connectivity index (χ4v) is 5.34. The third kappa shape index (κ3) is 3.26. The van der Waals surface area contributed by atoms with Gasteiger partial charge >= 0.3 is 0 Å². The number of sulfonamides is 1. The van der Waals surface area contributed by atoms with Crippen LogP contribution in [0.4, 0.5) is 0 Å². The molecule has 1 aliphatic heterocycles. The van der Waals surface area contributed by atoms with E-state index in [4.69, 9.17) is 4.98 Å². The average molecular weight is 385 g/mol. The van der Waals surface area contributed by atoms with Crippen molar-refractivity contribution >= 4 is 21.1 Å². The van der Waals surface area contributed by atoms with E-state index < -0.39 is 10.0 Å². The second kappa shape index (κ2) is 7.05. The SMILES string of the molecule is CCCc1ccc(S(=O)(=O)N2CCC(c3nc4ccncc4n3C)C2)cc1. The van der Waals surface area contributed by atoms with Gasteiger partial charge in [0.05, 0.1) is 22.1 Å². The lowest BCUT2D eigenvalue weighted by Gasteiger charge is -2.17. The number of benzene rings is 1. The Labute approximate surface area is 159 Å². The molecule has 7 heteroatoms. The molecule has 2 aromatic heterocycles. The Morgan fingerprint density at radius 1 is 1.19 bits per heavy atom. The van der Waals surface area contributed by atoms with Gasteiger partial charge < -0.3 is 4.57 Å². The van der Waals surface area contributed by atoms with Crippen molar-refractivity contribution in [1.82, 2.24) is 18.8 Å². The first kappa shape index (κ1) is 18.1. The number of rotatable bonds is 5. The van der Waals surface area contributed by atoms with E-state index in [-0.39, 0.29) is 5.92 Å². The maximum Gasteiger partial charge on any atom is 0.243 e. The summed E-state index contributed by atoms with van der Waals surface area (Å²) in [6.45, 7) is 3.10. The summed E-state index contributed by atoms with van der Waals surface area (Å²) >= 11 is 0. The van der Waals surface area contributed by atoms with Crippen LogP contribution in [0.15, 0.2) is 47.6 Å². The lowest BCUT2D eigenvalue weighted by atomic mass is 10.1. The number of fused-ring (bicyclic) bond motifs is 1. The lowest BCUT2D eigenvalue weighted by molar-refractivity contribution is 0.470. The molecule has 1 fully saturated rings. The van der Waals surface area contributed by atoms with Crippen molar-refractivity contribution in [3.05, 3.63) is 54.1 Å². The normalized spacial score (nSPS) is 18.4. The number of hydrogen-bond acceptors (Lipinski definition) is 4. The molecule has 0 bridgehead atoms. The Hall–Kier alpha value is -2.25. The molecule has 3 aromatic rings. The van der Waals surface area contributed by atoms with Gasteiger partial charge in [-0.05, 0) is 36.6 Å². The van der Waals surface area contributed by atoms with Gasteiger partial charge in [0.25, 0.3) is 0 Å². The standard InChI is InChI=1S/C20H24N4O2S/c1-3-4-15-5-7-17(8-6-15)27(25,26)24-12-10-16(14-24)20-22-18-9-11-21-13-19(18)23(20)2/h5-9,11,13,16H,3-4,10,12,14H2,1-2H3. The van der Waals surface area contributed by atoms with Crippen molar-refractivity contribution in [3.8, 4) is 0 Å². The summed E-state index contributed by atoms with van der Waals surface area (Å²) in [5, 5.41) is 0. The monoisotopic (exact) mass is 384 g/mol. The summed E-state index contributed by atoms with van der Waals surface area (Å²) in [5.41, 5.74) is 3.04. The third-order valence-corrected chi connectivity index (χ3v) is 7.21. The van der Waals surface area contributed by atoms with Gasteiger partial charge in [-0.3, -0.25) is 4.98 Å². The lowest BCUT2D eigenvalue weighted by Crippen LogP contribution is -2.29. The van der Waals surface area contributed by atoms with Gasteiger partial charge in [0.15, 0.2) is 0 Å². The molecule has 0 saturated carbocycles. The van der Waals surface area contributed by atoms with E-state index in [0.717, 1.165) is 36.1 Å². The van der Waals surface area contributed by atoms with E-state index in [0.29, 0.717) is 18.0 Å². The van der Waals surface area contributed by atoms with Crippen LogP contribution in [0.1, 0.15) is 37.1 Å². The van der Waals surface area contributed by atoms with Crippen molar-refractivity contribution < 1.29 is 8.42 Å². The zero-order valence-corrected chi connectivity index (χ0v) is 16.5. The van der Waals surface area contributed by atoms with E-state index in [9.17, 15) is 8.42 Å². The van der Waals surface area contributed by atoms with Crippen LogP contribution in [0, 0.1) is 0 Å². The summed E-state index contributed by atoms with van der Waals surface area (Å²) in [5.74, 6) is 1.02. The molecule has 0 spiro atoms. The summed E-state index contributed by atoms with van der Waals surface area (Å²) in [6, 6.07) is 9.19. The second-order valence-electron chi connectivity index (χ2n) is 7.14. The van der Waals surface area contributed by atoms with Gasteiger partial charge in [-0.15, -0.1) is 0 Å². The number of aromatic nitrogens is 3. The molecular formula is C20H24N4O2S. The maximum absolute atomic E-state index is 13.0. The first-order chi connectivity index (χ1) is 13.0. The number of nitrogens with zero attached hydrogens (tertiary/aromatic N) is 4. The topological polar surface area (TPSA) is 68.1 Å². The molecule has 1 aromatic carbocycles. The highest BCUT2D eigenvalue weighted by Gasteiger charge is 2.35. The number of imidazole rings is 1. The largest absolute Gasteiger partial charge is 0.330 e. The summed E-state index contributed by atoms with van der Waals surface area (Å²) in [4.78, 5) is 9.25. The van der Waals surface area contributed by atoms with Gasteiger partial charge in [-0.2, -0.15) is 4.31 Å². The van der Waals surface area contributed by atoms with Crippen molar-refractivity contribution in [2.24, 2.45) is 7.05 Å². The Morgan fingerprint density at radius 3 is 2.67 bits per heavy atom. The van der Waals surface area contributed by atoms with Gasteiger partial charge in [-0.1, -0.05) is 25.5 Å². The minimum atomic E-state index is -3.47. The molecule has 6 nitrogen and oxygen atoms in total. The van der Waals surface area contributed by atoms with Crippen LogP contribution in [0.2, 0.25) is 0 Å². The minimum absolute atomic E-state index is 0.0940. The molecule has 4 rings (SSSR count). The highest BCUT2D eigenvalue weighted by atomic mass is 32.2. The van der Waals surface area contributed by atoms with Gasteiger partial charge in [0.2, 0.25) is 10.0 Å². The highest BCUT2D eigenvalue weighted by molar-refractivity contribution is 7.89. The molecule has 1 aliphatic rings. The van der Waals surface area contributed by atoms with Gasteiger partial charge in [0.1, 0.15) is 5.82 Å². The van der Waals surface area contributed by atoms with E-state index in [1.807, 2.05) is 29.8 Å². The summed E-state index contributed by atoms with van der Waals surface area (Å²) in [7, 11) is -1.50. The van der Waals surface area contributed by atoms with Crippen LogP contribution in [0.5, 0.6) is 0 Å². The maximum atomic E-state index is 13.0. The Bertz CT molecular complexity index is 1060. The fourth-order valence-electron chi connectivity index (χ4n) is 3.84.